The number of hydrogen-bond donors (Lipinski definition) is 2. The summed E-state index contributed by atoms with van der Waals surface area (Å²) in [4.78, 5) is 18.2. The number of aryl methyl sites for hydroxylation is 1. The number of ether oxygens (including phenoxy) is 4. The van der Waals surface area contributed by atoms with E-state index in [4.69, 9.17) is 23.9 Å². The topological polar surface area (TPSA) is 99.1 Å². The summed E-state index contributed by atoms with van der Waals surface area (Å²) in [6, 6.07) is 19.7. The number of rotatable bonds is 9. The van der Waals surface area contributed by atoms with Crippen molar-refractivity contribution < 1.29 is 28.8 Å². The third kappa shape index (κ3) is 5.79. The van der Waals surface area contributed by atoms with Crippen LogP contribution in [0.1, 0.15) is 36.8 Å². The van der Waals surface area contributed by atoms with Gasteiger partial charge in [0.1, 0.15) is 5.01 Å². The molecule has 0 saturated carbocycles. The Labute approximate surface area is 242 Å². The van der Waals surface area contributed by atoms with Crippen molar-refractivity contribution in [1.29, 1.82) is 0 Å². The molecule has 2 aliphatic rings. The molecule has 0 unspecified atom stereocenters. The van der Waals surface area contributed by atoms with Crippen LogP contribution in [0.3, 0.4) is 0 Å². The molecule has 1 aromatic heterocycles. The quantitative estimate of drug-likeness (QED) is 0.240. The van der Waals surface area contributed by atoms with Crippen LogP contribution < -0.4 is 14.8 Å². The number of amides is 1. The number of hydrogen-bond acceptors (Lipinski definition) is 8. The van der Waals surface area contributed by atoms with Gasteiger partial charge in [-0.1, -0.05) is 12.1 Å². The maximum absolute atomic E-state index is 13.5. The second kappa shape index (κ2) is 11.9. The van der Waals surface area contributed by atoms with Crippen LogP contribution in [0.15, 0.2) is 72.5 Å². The summed E-state index contributed by atoms with van der Waals surface area (Å²) >= 11 is 1.65. The van der Waals surface area contributed by atoms with E-state index in [0.717, 1.165) is 26.4 Å². The molecule has 4 aromatic rings. The molecule has 1 amide bonds. The van der Waals surface area contributed by atoms with E-state index in [1.807, 2.05) is 61.5 Å². The van der Waals surface area contributed by atoms with Crippen molar-refractivity contribution in [2.75, 3.05) is 25.3 Å². The van der Waals surface area contributed by atoms with E-state index in [1.54, 1.807) is 11.3 Å². The van der Waals surface area contributed by atoms with Crippen LogP contribution in [-0.2, 0) is 14.3 Å². The minimum Gasteiger partial charge on any atom is -0.459 e. The van der Waals surface area contributed by atoms with E-state index < -0.39 is 6.29 Å². The van der Waals surface area contributed by atoms with Crippen LogP contribution in [0, 0.1) is 12.8 Å². The number of aromatic nitrogens is 1. The van der Waals surface area contributed by atoms with Crippen LogP contribution in [0.5, 0.6) is 11.5 Å². The number of fused-ring (bicyclic) bond motifs is 2. The van der Waals surface area contributed by atoms with Gasteiger partial charge in [0.25, 0.3) is 5.91 Å². The largest absolute Gasteiger partial charge is 0.459 e. The highest BCUT2D eigenvalue weighted by atomic mass is 32.1. The molecule has 3 atom stereocenters. The molecule has 41 heavy (non-hydrogen) atoms. The Morgan fingerprint density at radius 1 is 1.10 bits per heavy atom. The normalized spacial score (nSPS) is 19.6. The molecule has 0 fully saturated rings. The lowest BCUT2D eigenvalue weighted by Gasteiger charge is -2.37. The van der Waals surface area contributed by atoms with Gasteiger partial charge < -0.3 is 29.4 Å². The molecule has 0 saturated heterocycles. The SMILES string of the molecule is CCO[C@H]1OC(C(=O)Nc2ccc(-c3nc4ccc(C)cc4s3)cc2)=C[C@@H](c2ccc3c(c2)OCO3)[C@H]1CCCO. The lowest BCUT2D eigenvalue weighted by atomic mass is 9.80. The average molecular weight is 573 g/mol. The number of aliphatic hydroxyl groups is 1. The molecule has 0 aliphatic carbocycles. The number of benzene rings is 3. The zero-order valence-electron chi connectivity index (χ0n) is 23.0. The van der Waals surface area contributed by atoms with Crippen molar-refractivity contribution in [2.45, 2.75) is 38.9 Å². The molecule has 212 valence electrons. The second-order valence-corrected chi connectivity index (χ2v) is 11.2. The Hall–Kier alpha value is -3.92. The molecule has 8 nitrogen and oxygen atoms in total. The summed E-state index contributed by atoms with van der Waals surface area (Å²) in [5.74, 6) is 0.912. The van der Waals surface area contributed by atoms with E-state index >= 15 is 0 Å². The van der Waals surface area contributed by atoms with Crippen LogP contribution >= 0.6 is 11.3 Å². The zero-order chi connectivity index (χ0) is 28.3. The molecular weight excluding hydrogens is 540 g/mol. The molecule has 0 spiro atoms. The van der Waals surface area contributed by atoms with Gasteiger partial charge >= 0.3 is 0 Å². The van der Waals surface area contributed by atoms with Crippen LogP contribution in [-0.4, -0.2) is 42.3 Å². The first kappa shape index (κ1) is 27.3. The first-order valence-corrected chi connectivity index (χ1v) is 14.6. The van der Waals surface area contributed by atoms with Crippen molar-refractivity contribution in [2.24, 2.45) is 5.92 Å². The number of carbonyl (C=O) groups excluding carboxylic acids is 1. The lowest BCUT2D eigenvalue weighted by molar-refractivity contribution is -0.165. The second-order valence-electron chi connectivity index (χ2n) is 10.2. The Bertz CT molecular complexity index is 1580. The van der Waals surface area contributed by atoms with Gasteiger partial charge in [-0.05, 0) is 92.4 Å². The summed E-state index contributed by atoms with van der Waals surface area (Å²) in [7, 11) is 0. The Balaban J connectivity index is 1.24. The van der Waals surface area contributed by atoms with Gasteiger partial charge in [0.05, 0.1) is 10.2 Å². The summed E-state index contributed by atoms with van der Waals surface area (Å²) in [6.45, 7) is 4.64. The minimum atomic E-state index is -0.641. The van der Waals surface area contributed by atoms with Gasteiger partial charge in [0, 0.05) is 36.3 Å². The fraction of sp³-hybridized carbons (Fsp3) is 0.312. The molecular formula is C32H32N2O6S. The summed E-state index contributed by atoms with van der Waals surface area (Å²) in [6.07, 6.45) is 2.47. The third-order valence-corrected chi connectivity index (χ3v) is 8.42. The minimum absolute atomic E-state index is 0.0624. The van der Waals surface area contributed by atoms with Gasteiger partial charge in [0.15, 0.2) is 17.3 Å². The molecule has 3 heterocycles. The number of allylic oxidation sites excluding steroid dienone is 1. The van der Waals surface area contributed by atoms with Crippen LogP contribution in [0.2, 0.25) is 0 Å². The Kier molecular flexibility index (Phi) is 7.91. The van der Waals surface area contributed by atoms with Gasteiger partial charge in [-0.15, -0.1) is 11.3 Å². The highest BCUT2D eigenvalue weighted by Gasteiger charge is 2.38. The highest BCUT2D eigenvalue weighted by molar-refractivity contribution is 7.21. The highest BCUT2D eigenvalue weighted by Crippen LogP contribution is 2.43. The molecule has 0 radical (unpaired) electrons. The van der Waals surface area contributed by atoms with Crippen molar-refractivity contribution in [3.05, 3.63) is 83.6 Å². The molecule has 3 aromatic carbocycles. The fourth-order valence-electron chi connectivity index (χ4n) is 5.31. The van der Waals surface area contributed by atoms with Gasteiger partial charge in [0.2, 0.25) is 13.1 Å². The van der Waals surface area contributed by atoms with E-state index in [0.29, 0.717) is 36.6 Å². The molecule has 9 heteroatoms. The summed E-state index contributed by atoms with van der Waals surface area (Å²) < 4.78 is 24.4. The number of thiazole rings is 1. The van der Waals surface area contributed by atoms with Crippen molar-refractivity contribution >= 4 is 33.1 Å². The first-order valence-electron chi connectivity index (χ1n) is 13.8. The van der Waals surface area contributed by atoms with E-state index in [2.05, 4.69) is 24.4 Å². The van der Waals surface area contributed by atoms with E-state index in [9.17, 15) is 9.90 Å². The van der Waals surface area contributed by atoms with Crippen molar-refractivity contribution in [3.8, 4) is 22.1 Å². The predicted molar refractivity (Wildman–Crippen MR) is 158 cm³/mol. The van der Waals surface area contributed by atoms with Crippen LogP contribution in [0.25, 0.3) is 20.8 Å². The average Bonchev–Trinajstić information content (AvgIpc) is 3.63. The molecule has 0 bridgehead atoms. The third-order valence-electron chi connectivity index (χ3n) is 7.35. The van der Waals surface area contributed by atoms with E-state index in [-0.39, 0.29) is 36.9 Å². The number of nitrogens with one attached hydrogen (secondary N) is 1. The molecule has 2 aliphatic heterocycles. The van der Waals surface area contributed by atoms with Gasteiger partial charge in [-0.25, -0.2) is 4.98 Å². The molecule has 6 rings (SSSR count). The van der Waals surface area contributed by atoms with E-state index in [1.165, 1.54) is 5.56 Å². The number of anilines is 1. The van der Waals surface area contributed by atoms with Gasteiger partial charge in [-0.3, -0.25) is 4.79 Å². The number of nitrogens with zero attached hydrogens (tertiary/aromatic N) is 1. The maximum atomic E-state index is 13.5. The first-order chi connectivity index (χ1) is 20.0. The predicted octanol–water partition coefficient (Wildman–Crippen LogP) is 6.39. The monoisotopic (exact) mass is 572 g/mol. The zero-order valence-corrected chi connectivity index (χ0v) is 23.8. The summed E-state index contributed by atoms with van der Waals surface area (Å²) in [5, 5.41) is 13.4. The standard InChI is InChI=1S/C32H32N2O6S/c1-3-37-32-23(5-4-14-35)24(21-9-13-26-27(16-21)39-18-38-26)17-28(40-32)30(36)33-22-10-7-20(8-11-22)31-34-25-12-6-19(2)15-29(25)41-31/h6-13,15-17,23-24,32,35H,3-5,14,18H2,1-2H3,(H,33,36)/t23-,24+,32+/m1/s1. The Morgan fingerprint density at radius 3 is 2.73 bits per heavy atom. The van der Waals surface area contributed by atoms with Crippen molar-refractivity contribution in [1.82, 2.24) is 4.98 Å². The number of aliphatic hydroxyl groups excluding tert-OH is 1. The number of carbonyl (C=O) groups is 1. The maximum Gasteiger partial charge on any atom is 0.290 e. The smallest absolute Gasteiger partial charge is 0.290 e. The Morgan fingerprint density at radius 2 is 1.93 bits per heavy atom. The fourth-order valence-corrected chi connectivity index (χ4v) is 6.38. The van der Waals surface area contributed by atoms with Gasteiger partial charge in [-0.2, -0.15) is 0 Å². The van der Waals surface area contributed by atoms with Crippen molar-refractivity contribution in [3.63, 3.8) is 0 Å². The lowest BCUT2D eigenvalue weighted by Crippen LogP contribution is -2.37. The molecule has 2 N–H and O–H groups in total. The summed E-state index contributed by atoms with van der Waals surface area (Å²) in [5.41, 5.74) is 4.78. The van der Waals surface area contributed by atoms with Crippen LogP contribution in [0.4, 0.5) is 5.69 Å².